The third-order valence-corrected chi connectivity index (χ3v) is 2.97. The standard InChI is InChI=1S/C15H26N2O2/c1-5-11-17(14(18)19-15(2,3)4)16-12-13-9-7-6-8-10-13/h5,12-13H,1,6-11H2,2-4H3/b16-12-. The van der Waals surface area contributed by atoms with E-state index in [-0.39, 0.29) is 0 Å². The zero-order valence-corrected chi connectivity index (χ0v) is 12.4. The van der Waals surface area contributed by atoms with Crippen molar-refractivity contribution in [3.63, 3.8) is 0 Å². The summed E-state index contributed by atoms with van der Waals surface area (Å²) in [5.41, 5.74) is -0.503. The number of ether oxygens (including phenoxy) is 1. The molecule has 0 aromatic rings. The van der Waals surface area contributed by atoms with Crippen molar-refractivity contribution in [3.05, 3.63) is 12.7 Å². The van der Waals surface area contributed by atoms with Crippen LogP contribution >= 0.6 is 0 Å². The molecule has 0 aliphatic heterocycles. The summed E-state index contributed by atoms with van der Waals surface area (Å²) in [5.74, 6) is 0.489. The molecule has 0 spiro atoms. The van der Waals surface area contributed by atoms with Crippen molar-refractivity contribution in [1.82, 2.24) is 5.01 Å². The lowest BCUT2D eigenvalue weighted by molar-refractivity contribution is 0.0276. The molecule has 0 saturated heterocycles. The van der Waals surface area contributed by atoms with Crippen molar-refractivity contribution >= 4 is 12.3 Å². The van der Waals surface area contributed by atoms with Crippen LogP contribution in [0.15, 0.2) is 17.8 Å². The fourth-order valence-electron chi connectivity index (χ4n) is 2.06. The van der Waals surface area contributed by atoms with Crippen molar-refractivity contribution in [2.24, 2.45) is 11.0 Å². The van der Waals surface area contributed by atoms with Crippen LogP contribution < -0.4 is 0 Å². The third-order valence-electron chi connectivity index (χ3n) is 2.97. The molecule has 1 saturated carbocycles. The predicted octanol–water partition coefficient (Wildman–Crippen LogP) is 3.98. The Kier molecular flexibility index (Phi) is 6.06. The van der Waals surface area contributed by atoms with Gasteiger partial charge in [-0.05, 0) is 39.5 Å². The van der Waals surface area contributed by atoms with E-state index in [4.69, 9.17) is 4.74 Å². The molecule has 1 rings (SSSR count). The van der Waals surface area contributed by atoms with E-state index in [1.807, 2.05) is 27.0 Å². The fourth-order valence-corrected chi connectivity index (χ4v) is 2.06. The van der Waals surface area contributed by atoms with Crippen molar-refractivity contribution < 1.29 is 9.53 Å². The van der Waals surface area contributed by atoms with Crippen molar-refractivity contribution in [3.8, 4) is 0 Å². The predicted molar refractivity (Wildman–Crippen MR) is 78.2 cm³/mol. The third kappa shape index (κ3) is 6.41. The minimum atomic E-state index is -0.503. The molecule has 0 N–H and O–H groups in total. The van der Waals surface area contributed by atoms with Gasteiger partial charge in [-0.1, -0.05) is 25.3 Å². The van der Waals surface area contributed by atoms with Gasteiger partial charge < -0.3 is 4.74 Å². The van der Waals surface area contributed by atoms with Gasteiger partial charge in [-0.25, -0.2) is 4.79 Å². The van der Waals surface area contributed by atoms with Crippen molar-refractivity contribution in [2.45, 2.75) is 58.5 Å². The smallest absolute Gasteiger partial charge is 0.431 e. The number of hydrazone groups is 1. The molecule has 1 aliphatic rings. The van der Waals surface area contributed by atoms with Gasteiger partial charge in [0.2, 0.25) is 0 Å². The van der Waals surface area contributed by atoms with Crippen LogP contribution in [0.1, 0.15) is 52.9 Å². The quantitative estimate of drug-likeness (QED) is 0.439. The summed E-state index contributed by atoms with van der Waals surface area (Å²) in [6.07, 6.45) is 9.29. The highest BCUT2D eigenvalue weighted by atomic mass is 16.6. The molecule has 0 aromatic heterocycles. The van der Waals surface area contributed by atoms with Crippen molar-refractivity contribution in [2.75, 3.05) is 6.54 Å². The first-order chi connectivity index (χ1) is 8.92. The Labute approximate surface area is 116 Å². The zero-order valence-electron chi connectivity index (χ0n) is 12.4. The number of carbonyl (C=O) groups is 1. The molecule has 0 atom stereocenters. The molecule has 108 valence electrons. The van der Waals surface area contributed by atoms with E-state index < -0.39 is 11.7 Å². The molecule has 0 heterocycles. The van der Waals surface area contributed by atoms with E-state index >= 15 is 0 Å². The van der Waals surface area contributed by atoms with Crippen LogP contribution in [0.4, 0.5) is 4.79 Å². The Bertz CT molecular complexity index is 326. The number of rotatable bonds is 4. The van der Waals surface area contributed by atoms with Gasteiger partial charge in [0.05, 0.1) is 6.54 Å². The maximum absolute atomic E-state index is 12.0. The monoisotopic (exact) mass is 266 g/mol. The fraction of sp³-hybridized carbons (Fsp3) is 0.733. The van der Waals surface area contributed by atoms with Gasteiger partial charge in [-0.3, -0.25) is 0 Å². The first-order valence-corrected chi connectivity index (χ1v) is 7.08. The van der Waals surface area contributed by atoms with Crippen LogP contribution in [-0.2, 0) is 4.74 Å². The van der Waals surface area contributed by atoms with E-state index in [9.17, 15) is 4.79 Å². The largest absolute Gasteiger partial charge is 0.442 e. The highest BCUT2D eigenvalue weighted by Gasteiger charge is 2.21. The number of carbonyl (C=O) groups excluding carboxylic acids is 1. The van der Waals surface area contributed by atoms with Crippen LogP contribution in [0.3, 0.4) is 0 Å². The molecule has 4 heteroatoms. The summed E-state index contributed by atoms with van der Waals surface area (Å²) < 4.78 is 5.32. The minimum absolute atomic E-state index is 0.373. The van der Waals surface area contributed by atoms with E-state index in [1.54, 1.807) is 6.08 Å². The van der Waals surface area contributed by atoms with Gasteiger partial charge >= 0.3 is 6.09 Å². The van der Waals surface area contributed by atoms with Crippen LogP contribution in [0, 0.1) is 5.92 Å². The van der Waals surface area contributed by atoms with Crippen LogP contribution in [0.5, 0.6) is 0 Å². The second-order valence-electron chi connectivity index (χ2n) is 6.01. The Morgan fingerprint density at radius 3 is 2.53 bits per heavy atom. The van der Waals surface area contributed by atoms with Gasteiger partial charge in [-0.2, -0.15) is 10.1 Å². The molecule has 0 unspecified atom stereocenters. The maximum atomic E-state index is 12.0. The number of hydrogen-bond donors (Lipinski definition) is 0. The normalized spacial score (nSPS) is 17.4. The van der Waals surface area contributed by atoms with Gasteiger partial charge in [0, 0.05) is 6.21 Å². The summed E-state index contributed by atoms with van der Waals surface area (Å²) in [7, 11) is 0. The van der Waals surface area contributed by atoms with Crippen LogP contribution in [-0.4, -0.2) is 29.5 Å². The highest BCUT2D eigenvalue weighted by Crippen LogP contribution is 2.22. The van der Waals surface area contributed by atoms with Gasteiger partial charge in [0.25, 0.3) is 0 Å². The number of nitrogens with zero attached hydrogens (tertiary/aromatic N) is 2. The molecule has 4 nitrogen and oxygen atoms in total. The van der Waals surface area contributed by atoms with Crippen molar-refractivity contribution in [1.29, 1.82) is 0 Å². The topological polar surface area (TPSA) is 41.9 Å². The molecule has 0 aromatic carbocycles. The summed E-state index contributed by atoms with van der Waals surface area (Å²) in [6, 6.07) is 0. The highest BCUT2D eigenvalue weighted by molar-refractivity contribution is 5.70. The molecule has 0 bridgehead atoms. The second-order valence-corrected chi connectivity index (χ2v) is 6.01. The SMILES string of the molecule is C=CCN(/N=C\C1CCCCC1)C(=O)OC(C)(C)C. The molecular formula is C15H26N2O2. The average Bonchev–Trinajstić information content (AvgIpc) is 2.33. The molecule has 0 radical (unpaired) electrons. The minimum Gasteiger partial charge on any atom is -0.442 e. The molecule has 1 fully saturated rings. The first kappa shape index (κ1) is 15.7. The Hall–Kier alpha value is -1.32. The summed E-state index contributed by atoms with van der Waals surface area (Å²) in [5, 5.41) is 5.62. The summed E-state index contributed by atoms with van der Waals surface area (Å²) >= 11 is 0. The molecule has 1 aliphatic carbocycles. The lowest BCUT2D eigenvalue weighted by Gasteiger charge is -2.24. The van der Waals surface area contributed by atoms with Gasteiger partial charge in [0.1, 0.15) is 5.60 Å². The lowest BCUT2D eigenvalue weighted by Crippen LogP contribution is -2.34. The molecular weight excluding hydrogens is 240 g/mol. The molecule has 19 heavy (non-hydrogen) atoms. The van der Waals surface area contributed by atoms with E-state index in [1.165, 1.54) is 37.1 Å². The van der Waals surface area contributed by atoms with Crippen LogP contribution in [0.25, 0.3) is 0 Å². The van der Waals surface area contributed by atoms with E-state index in [0.29, 0.717) is 12.5 Å². The Morgan fingerprint density at radius 2 is 2.00 bits per heavy atom. The van der Waals surface area contributed by atoms with E-state index in [2.05, 4.69) is 11.7 Å². The summed E-state index contributed by atoms with van der Waals surface area (Å²) in [4.78, 5) is 12.0. The zero-order chi connectivity index (χ0) is 14.3. The number of hydrogen-bond acceptors (Lipinski definition) is 3. The van der Waals surface area contributed by atoms with Crippen LogP contribution in [0.2, 0.25) is 0 Å². The average molecular weight is 266 g/mol. The maximum Gasteiger partial charge on any atom is 0.431 e. The Morgan fingerprint density at radius 1 is 1.37 bits per heavy atom. The van der Waals surface area contributed by atoms with Gasteiger partial charge in [0.15, 0.2) is 0 Å². The van der Waals surface area contributed by atoms with E-state index in [0.717, 1.165) is 0 Å². The Balaban J connectivity index is 2.57. The second kappa shape index (κ2) is 7.31. The van der Waals surface area contributed by atoms with Gasteiger partial charge in [-0.15, -0.1) is 6.58 Å². The first-order valence-electron chi connectivity index (χ1n) is 7.08. The summed E-state index contributed by atoms with van der Waals surface area (Å²) in [6.45, 7) is 9.57. The lowest BCUT2D eigenvalue weighted by atomic mass is 9.90. The number of amides is 1. The molecule has 1 amide bonds.